The molecule has 0 saturated carbocycles. The average Bonchev–Trinajstić information content (AvgIpc) is 3.17. The number of rotatable bonds is 5. The predicted octanol–water partition coefficient (Wildman–Crippen LogP) is 2.80. The number of thiophene rings is 1. The minimum absolute atomic E-state index is 0.0542. The number of hydrogen-bond acceptors (Lipinski definition) is 7. The van der Waals surface area contributed by atoms with Crippen molar-refractivity contribution in [3.63, 3.8) is 0 Å². The molecule has 3 N–H and O–H groups in total. The number of carbonyl (C=O) groups excluding carboxylic acids is 1. The van der Waals surface area contributed by atoms with Gasteiger partial charge in [0, 0.05) is 10.8 Å². The van der Waals surface area contributed by atoms with Gasteiger partial charge in [-0.1, -0.05) is 30.3 Å². The minimum atomic E-state index is -0.549. The van der Waals surface area contributed by atoms with E-state index in [1.165, 1.54) is 17.6 Å². The minimum Gasteiger partial charge on any atom is -0.497 e. The van der Waals surface area contributed by atoms with Gasteiger partial charge < -0.3 is 10.5 Å². The van der Waals surface area contributed by atoms with Crippen molar-refractivity contribution >= 4 is 39.2 Å². The van der Waals surface area contributed by atoms with Crippen LogP contribution < -0.4 is 21.5 Å². The van der Waals surface area contributed by atoms with Crippen molar-refractivity contribution in [2.45, 2.75) is 0 Å². The molecule has 4 rings (SSSR count). The highest BCUT2D eigenvalue weighted by atomic mass is 32.1. The van der Waals surface area contributed by atoms with Crippen LogP contribution in [0.2, 0.25) is 0 Å². The number of methoxy groups -OCH3 is 1. The lowest BCUT2D eigenvalue weighted by Crippen LogP contribution is -2.28. The van der Waals surface area contributed by atoms with Crippen molar-refractivity contribution in [1.29, 1.82) is 0 Å². The Morgan fingerprint density at radius 2 is 1.93 bits per heavy atom. The maximum atomic E-state index is 13.0. The van der Waals surface area contributed by atoms with Gasteiger partial charge in [-0.3, -0.25) is 9.59 Å². The Bertz CT molecular complexity index is 1290. The Hall–Kier alpha value is -3.98. The summed E-state index contributed by atoms with van der Waals surface area (Å²) in [4.78, 5) is 25.8. The number of hydrogen-bond donors (Lipinski definition) is 2. The summed E-state index contributed by atoms with van der Waals surface area (Å²) in [7, 11) is 1.55. The fourth-order valence-electron chi connectivity index (χ4n) is 2.90. The number of nitrogens with one attached hydrogen (secondary N) is 1. The lowest BCUT2D eigenvalue weighted by Gasteiger charge is -2.09. The van der Waals surface area contributed by atoms with E-state index >= 15 is 0 Å². The number of aromatic nitrogens is 2. The molecule has 0 aliphatic carbocycles. The third-order valence-corrected chi connectivity index (χ3v) is 5.20. The van der Waals surface area contributed by atoms with Gasteiger partial charge in [0.2, 0.25) is 0 Å². The fraction of sp³-hybridized carbons (Fsp3) is 0.0476. The summed E-state index contributed by atoms with van der Waals surface area (Å²) in [5.74, 6) is 0.0865. The number of benzene rings is 2. The lowest BCUT2D eigenvalue weighted by molar-refractivity contribution is 0.0950. The molecule has 8 nitrogen and oxygen atoms in total. The molecule has 0 radical (unpaired) electrons. The Morgan fingerprint density at radius 1 is 1.20 bits per heavy atom. The molecule has 0 bridgehead atoms. The van der Waals surface area contributed by atoms with E-state index in [0.29, 0.717) is 21.8 Å². The van der Waals surface area contributed by atoms with Crippen molar-refractivity contribution in [3.8, 4) is 11.4 Å². The number of fused-ring (bicyclic) bond motifs is 1. The van der Waals surface area contributed by atoms with Crippen molar-refractivity contribution in [3.05, 3.63) is 81.6 Å². The SMILES string of the molecule is COc1ccc(-n2nc(C(=O)N/N=C/c3ccccc3)c3csc(N)c3c2=O)cc1. The van der Waals surface area contributed by atoms with Crippen molar-refractivity contribution in [1.82, 2.24) is 15.2 Å². The number of ether oxygens (including phenoxy) is 1. The maximum Gasteiger partial charge on any atom is 0.292 e. The monoisotopic (exact) mass is 419 g/mol. The highest BCUT2D eigenvalue weighted by molar-refractivity contribution is 7.15. The van der Waals surface area contributed by atoms with Gasteiger partial charge in [0.15, 0.2) is 5.69 Å². The zero-order valence-electron chi connectivity index (χ0n) is 15.9. The van der Waals surface area contributed by atoms with E-state index in [-0.39, 0.29) is 11.1 Å². The summed E-state index contributed by atoms with van der Waals surface area (Å²) in [5, 5.41) is 10.9. The van der Waals surface area contributed by atoms with Crippen LogP contribution in [-0.4, -0.2) is 29.0 Å². The van der Waals surface area contributed by atoms with Crippen LogP contribution in [0, 0.1) is 0 Å². The lowest BCUT2D eigenvalue weighted by atomic mass is 10.2. The topological polar surface area (TPSA) is 112 Å². The summed E-state index contributed by atoms with van der Waals surface area (Å²) in [5.41, 5.74) is 9.44. The number of carbonyl (C=O) groups is 1. The van der Waals surface area contributed by atoms with Crippen LogP contribution in [0.4, 0.5) is 5.00 Å². The predicted molar refractivity (Wildman–Crippen MR) is 118 cm³/mol. The van der Waals surface area contributed by atoms with Crippen LogP contribution in [0.3, 0.4) is 0 Å². The molecule has 2 aromatic heterocycles. The molecular formula is C21H17N5O3S. The Kier molecular flexibility index (Phi) is 5.27. The molecule has 0 aliphatic rings. The molecule has 0 fully saturated rings. The summed E-state index contributed by atoms with van der Waals surface area (Å²) in [6, 6.07) is 16.1. The van der Waals surface area contributed by atoms with E-state index in [0.717, 1.165) is 10.2 Å². The highest BCUT2D eigenvalue weighted by Gasteiger charge is 2.20. The quantitative estimate of drug-likeness (QED) is 0.382. The molecule has 30 heavy (non-hydrogen) atoms. The molecule has 0 unspecified atom stereocenters. The van der Waals surface area contributed by atoms with Gasteiger partial charge in [0.05, 0.1) is 29.4 Å². The number of nitrogens with two attached hydrogens (primary N) is 1. The summed E-state index contributed by atoms with van der Waals surface area (Å²) >= 11 is 1.18. The third kappa shape index (κ3) is 3.65. The third-order valence-electron chi connectivity index (χ3n) is 4.39. The van der Waals surface area contributed by atoms with Crippen LogP contribution in [0.25, 0.3) is 16.5 Å². The van der Waals surface area contributed by atoms with Gasteiger partial charge in [-0.2, -0.15) is 14.9 Å². The van der Waals surface area contributed by atoms with E-state index in [4.69, 9.17) is 10.5 Å². The Labute approximate surface area is 175 Å². The van der Waals surface area contributed by atoms with Crippen molar-refractivity contribution < 1.29 is 9.53 Å². The number of amides is 1. The van der Waals surface area contributed by atoms with Crippen LogP contribution in [0.5, 0.6) is 5.75 Å². The summed E-state index contributed by atoms with van der Waals surface area (Å²) in [6.45, 7) is 0. The van der Waals surface area contributed by atoms with Gasteiger partial charge in [0.25, 0.3) is 11.5 Å². The molecule has 1 amide bonds. The highest BCUT2D eigenvalue weighted by Crippen LogP contribution is 2.27. The average molecular weight is 419 g/mol. The van der Waals surface area contributed by atoms with Gasteiger partial charge in [-0.15, -0.1) is 11.3 Å². The first-order valence-electron chi connectivity index (χ1n) is 8.91. The zero-order valence-corrected chi connectivity index (χ0v) is 16.7. The largest absolute Gasteiger partial charge is 0.497 e. The van der Waals surface area contributed by atoms with Crippen LogP contribution in [-0.2, 0) is 0 Å². The molecule has 2 heterocycles. The second-order valence-corrected chi connectivity index (χ2v) is 7.17. The normalized spacial score (nSPS) is 11.1. The summed E-state index contributed by atoms with van der Waals surface area (Å²) < 4.78 is 6.30. The standard InChI is InChI=1S/C21H17N5O3S/c1-29-15-9-7-14(8-10-15)26-21(28)17-16(12-30-19(17)22)18(25-26)20(27)24-23-11-13-5-3-2-4-6-13/h2-12H,22H2,1H3,(H,24,27)/b23-11+. The smallest absolute Gasteiger partial charge is 0.292 e. The molecule has 0 saturated heterocycles. The van der Waals surface area contributed by atoms with Crippen LogP contribution >= 0.6 is 11.3 Å². The molecule has 0 aliphatic heterocycles. The molecule has 0 spiro atoms. The molecule has 9 heteroatoms. The first-order chi connectivity index (χ1) is 14.6. The molecule has 150 valence electrons. The van der Waals surface area contributed by atoms with Gasteiger partial charge >= 0.3 is 0 Å². The fourth-order valence-corrected chi connectivity index (χ4v) is 3.69. The Morgan fingerprint density at radius 3 is 2.63 bits per heavy atom. The molecule has 0 atom stereocenters. The van der Waals surface area contributed by atoms with E-state index in [1.807, 2.05) is 30.3 Å². The van der Waals surface area contributed by atoms with E-state index in [1.54, 1.807) is 36.8 Å². The maximum absolute atomic E-state index is 13.0. The van der Waals surface area contributed by atoms with Gasteiger partial charge in [-0.25, -0.2) is 5.43 Å². The van der Waals surface area contributed by atoms with E-state index in [2.05, 4.69) is 15.6 Å². The van der Waals surface area contributed by atoms with Crippen LogP contribution in [0.15, 0.2) is 69.9 Å². The number of anilines is 1. The van der Waals surface area contributed by atoms with Gasteiger partial charge in [0.1, 0.15) is 5.75 Å². The van der Waals surface area contributed by atoms with Crippen molar-refractivity contribution in [2.75, 3.05) is 12.8 Å². The van der Waals surface area contributed by atoms with Crippen LogP contribution in [0.1, 0.15) is 16.1 Å². The molecular weight excluding hydrogens is 402 g/mol. The number of nitrogens with zero attached hydrogens (tertiary/aromatic N) is 3. The Balaban J connectivity index is 1.75. The molecule has 4 aromatic rings. The second kappa shape index (κ2) is 8.18. The first-order valence-corrected chi connectivity index (χ1v) is 9.79. The summed E-state index contributed by atoms with van der Waals surface area (Å²) in [6.07, 6.45) is 1.52. The van der Waals surface area contributed by atoms with E-state index < -0.39 is 11.5 Å². The van der Waals surface area contributed by atoms with E-state index in [9.17, 15) is 9.59 Å². The zero-order chi connectivity index (χ0) is 21.1. The van der Waals surface area contributed by atoms with Crippen molar-refractivity contribution in [2.24, 2.45) is 5.10 Å². The number of hydrazone groups is 1. The second-order valence-electron chi connectivity index (χ2n) is 6.26. The number of nitrogen functional groups attached to an aromatic ring is 1. The molecule has 2 aromatic carbocycles. The first kappa shape index (κ1) is 19.3. The van der Waals surface area contributed by atoms with Gasteiger partial charge in [-0.05, 0) is 29.8 Å².